The van der Waals surface area contributed by atoms with Crippen LogP contribution in [0.1, 0.15) is 34.8 Å². The van der Waals surface area contributed by atoms with Crippen molar-refractivity contribution in [3.63, 3.8) is 0 Å². The number of para-hydroxylation sites is 1. The van der Waals surface area contributed by atoms with E-state index in [9.17, 15) is 14.4 Å². The van der Waals surface area contributed by atoms with Crippen LogP contribution in [0.3, 0.4) is 0 Å². The number of hydrogen-bond acceptors (Lipinski definition) is 4. The van der Waals surface area contributed by atoms with Crippen LogP contribution in [0.2, 0.25) is 0 Å². The molecule has 1 saturated heterocycles. The summed E-state index contributed by atoms with van der Waals surface area (Å²) in [4.78, 5) is 38.9. The number of Topliss-reactive ketones (excluding diaryl/α,β-unsaturated/α-hetero) is 1. The van der Waals surface area contributed by atoms with E-state index in [-0.39, 0.29) is 24.7 Å². The normalized spacial score (nSPS) is 17.7. The SMILES string of the molecule is Cc1ccc(C(=O)[C@@H](C)OC(=O)[C@@H]2CC(=O)N(c3ccccc3C)C2)cc1. The molecule has 1 aliphatic rings. The van der Waals surface area contributed by atoms with Crippen LogP contribution < -0.4 is 4.90 Å². The molecule has 2 atom stereocenters. The molecule has 3 rings (SSSR count). The minimum atomic E-state index is -0.886. The molecule has 5 heteroatoms. The second-order valence-corrected chi connectivity index (χ2v) is 7.00. The number of ether oxygens (including phenoxy) is 1. The molecule has 0 aliphatic carbocycles. The van der Waals surface area contributed by atoms with Gasteiger partial charge in [0.15, 0.2) is 6.10 Å². The molecular weight excluding hydrogens is 342 g/mol. The number of benzene rings is 2. The standard InChI is InChI=1S/C22H23NO4/c1-14-8-10-17(11-9-14)21(25)16(3)27-22(26)18-12-20(24)23(13-18)19-7-5-4-6-15(19)2/h4-11,16,18H,12-13H2,1-3H3/t16-,18-/m1/s1. The second kappa shape index (κ2) is 7.74. The summed E-state index contributed by atoms with van der Waals surface area (Å²) in [5.41, 5.74) is 3.34. The molecule has 1 heterocycles. The lowest BCUT2D eigenvalue weighted by atomic mass is 10.1. The minimum Gasteiger partial charge on any atom is -0.454 e. The monoisotopic (exact) mass is 365 g/mol. The summed E-state index contributed by atoms with van der Waals surface area (Å²) >= 11 is 0. The Morgan fingerprint density at radius 1 is 1.07 bits per heavy atom. The molecule has 140 valence electrons. The van der Waals surface area contributed by atoms with Gasteiger partial charge in [0.2, 0.25) is 11.7 Å². The van der Waals surface area contributed by atoms with Crippen LogP contribution in [-0.4, -0.2) is 30.3 Å². The number of carbonyl (C=O) groups is 3. The third kappa shape index (κ3) is 4.08. The average Bonchev–Trinajstić information content (AvgIpc) is 3.04. The Kier molecular flexibility index (Phi) is 5.40. The van der Waals surface area contributed by atoms with E-state index >= 15 is 0 Å². The van der Waals surface area contributed by atoms with E-state index in [2.05, 4.69) is 0 Å². The Morgan fingerprint density at radius 3 is 2.41 bits per heavy atom. The molecule has 0 radical (unpaired) electrons. The van der Waals surface area contributed by atoms with Crippen molar-refractivity contribution in [2.45, 2.75) is 33.3 Å². The Labute approximate surface area is 158 Å². The van der Waals surface area contributed by atoms with Gasteiger partial charge in [-0.25, -0.2) is 0 Å². The number of hydrogen-bond donors (Lipinski definition) is 0. The first-order valence-electron chi connectivity index (χ1n) is 9.04. The van der Waals surface area contributed by atoms with Crippen molar-refractivity contribution >= 4 is 23.3 Å². The van der Waals surface area contributed by atoms with Gasteiger partial charge in [0.1, 0.15) is 0 Å². The molecule has 2 aromatic rings. The third-order valence-corrected chi connectivity index (χ3v) is 4.86. The van der Waals surface area contributed by atoms with Crippen LogP contribution in [0.25, 0.3) is 0 Å². The van der Waals surface area contributed by atoms with E-state index in [1.165, 1.54) is 0 Å². The molecule has 27 heavy (non-hydrogen) atoms. The molecule has 1 amide bonds. The number of esters is 1. The van der Waals surface area contributed by atoms with Gasteiger partial charge in [0.25, 0.3) is 0 Å². The Morgan fingerprint density at radius 2 is 1.74 bits per heavy atom. The predicted octanol–water partition coefficient (Wildman–Crippen LogP) is 3.47. The number of rotatable bonds is 5. The molecule has 1 aliphatic heterocycles. The van der Waals surface area contributed by atoms with Crippen LogP contribution in [0.5, 0.6) is 0 Å². The van der Waals surface area contributed by atoms with E-state index in [4.69, 9.17) is 4.74 Å². The lowest BCUT2D eigenvalue weighted by Gasteiger charge is -2.19. The molecule has 0 aromatic heterocycles. The van der Waals surface area contributed by atoms with Gasteiger partial charge >= 0.3 is 5.97 Å². The van der Waals surface area contributed by atoms with E-state index in [1.54, 1.807) is 24.0 Å². The van der Waals surface area contributed by atoms with Crippen molar-refractivity contribution in [1.82, 2.24) is 0 Å². The van der Waals surface area contributed by atoms with Gasteiger partial charge in [-0.15, -0.1) is 0 Å². The van der Waals surface area contributed by atoms with Gasteiger partial charge in [-0.2, -0.15) is 0 Å². The molecule has 0 saturated carbocycles. The smallest absolute Gasteiger partial charge is 0.312 e. The van der Waals surface area contributed by atoms with Crippen molar-refractivity contribution in [3.8, 4) is 0 Å². The Balaban J connectivity index is 1.64. The number of anilines is 1. The molecule has 0 N–H and O–H groups in total. The summed E-state index contributed by atoms with van der Waals surface area (Å²) in [6.07, 6.45) is -0.790. The average molecular weight is 365 g/mol. The molecule has 5 nitrogen and oxygen atoms in total. The van der Waals surface area contributed by atoms with E-state index < -0.39 is 18.0 Å². The van der Waals surface area contributed by atoms with Crippen LogP contribution in [0.4, 0.5) is 5.69 Å². The van der Waals surface area contributed by atoms with Crippen LogP contribution in [0.15, 0.2) is 48.5 Å². The number of carbonyl (C=O) groups excluding carboxylic acids is 3. The first kappa shape index (κ1) is 18.8. The fourth-order valence-electron chi connectivity index (χ4n) is 3.24. The summed E-state index contributed by atoms with van der Waals surface area (Å²) in [5.74, 6) is -1.43. The highest BCUT2D eigenvalue weighted by Crippen LogP contribution is 2.28. The Bertz CT molecular complexity index is 872. The topological polar surface area (TPSA) is 63.7 Å². The molecule has 0 unspecified atom stereocenters. The largest absolute Gasteiger partial charge is 0.454 e. The number of nitrogens with zero attached hydrogens (tertiary/aromatic N) is 1. The van der Waals surface area contributed by atoms with Crippen molar-refractivity contribution < 1.29 is 19.1 Å². The zero-order valence-electron chi connectivity index (χ0n) is 15.8. The van der Waals surface area contributed by atoms with Gasteiger partial charge in [0.05, 0.1) is 5.92 Å². The third-order valence-electron chi connectivity index (χ3n) is 4.86. The zero-order valence-corrected chi connectivity index (χ0v) is 15.8. The van der Waals surface area contributed by atoms with Gasteiger partial charge in [-0.05, 0) is 32.4 Å². The number of amides is 1. The number of aryl methyl sites for hydroxylation is 2. The van der Waals surface area contributed by atoms with E-state index in [1.807, 2.05) is 50.2 Å². The summed E-state index contributed by atoms with van der Waals surface area (Å²) < 4.78 is 5.38. The van der Waals surface area contributed by atoms with Gasteiger partial charge in [-0.1, -0.05) is 48.0 Å². The van der Waals surface area contributed by atoms with Crippen LogP contribution in [0, 0.1) is 19.8 Å². The van der Waals surface area contributed by atoms with Gasteiger partial charge in [-0.3, -0.25) is 14.4 Å². The molecule has 0 spiro atoms. The van der Waals surface area contributed by atoms with Gasteiger partial charge < -0.3 is 9.64 Å². The molecule has 0 bridgehead atoms. The second-order valence-electron chi connectivity index (χ2n) is 7.00. The fourth-order valence-corrected chi connectivity index (χ4v) is 3.24. The summed E-state index contributed by atoms with van der Waals surface area (Å²) in [7, 11) is 0. The first-order chi connectivity index (χ1) is 12.9. The maximum atomic E-state index is 12.5. The highest BCUT2D eigenvalue weighted by Gasteiger charge is 2.37. The number of ketones is 1. The zero-order chi connectivity index (χ0) is 19.6. The maximum absolute atomic E-state index is 12.5. The Hall–Kier alpha value is -2.95. The summed E-state index contributed by atoms with van der Waals surface area (Å²) in [6.45, 7) is 5.70. The quantitative estimate of drug-likeness (QED) is 0.601. The minimum absolute atomic E-state index is 0.0958. The lowest BCUT2D eigenvalue weighted by molar-refractivity contribution is -0.151. The predicted molar refractivity (Wildman–Crippen MR) is 103 cm³/mol. The van der Waals surface area contributed by atoms with Crippen molar-refractivity contribution in [2.75, 3.05) is 11.4 Å². The van der Waals surface area contributed by atoms with E-state index in [0.717, 1.165) is 16.8 Å². The maximum Gasteiger partial charge on any atom is 0.312 e. The van der Waals surface area contributed by atoms with E-state index in [0.29, 0.717) is 5.56 Å². The fraction of sp³-hybridized carbons (Fsp3) is 0.318. The highest BCUT2D eigenvalue weighted by atomic mass is 16.5. The molecule has 2 aromatic carbocycles. The van der Waals surface area contributed by atoms with Crippen molar-refractivity contribution in [2.24, 2.45) is 5.92 Å². The molecular formula is C22H23NO4. The molecule has 1 fully saturated rings. The lowest BCUT2D eigenvalue weighted by Crippen LogP contribution is -2.30. The van der Waals surface area contributed by atoms with Crippen molar-refractivity contribution in [1.29, 1.82) is 0 Å². The summed E-state index contributed by atoms with van der Waals surface area (Å²) in [6, 6.07) is 14.7. The van der Waals surface area contributed by atoms with Gasteiger partial charge in [0, 0.05) is 24.2 Å². The van der Waals surface area contributed by atoms with Crippen molar-refractivity contribution in [3.05, 3.63) is 65.2 Å². The van der Waals surface area contributed by atoms with Crippen LogP contribution >= 0.6 is 0 Å². The first-order valence-corrected chi connectivity index (χ1v) is 9.04. The highest BCUT2D eigenvalue weighted by molar-refractivity contribution is 6.02. The van der Waals surface area contributed by atoms with Crippen LogP contribution in [-0.2, 0) is 14.3 Å². The summed E-state index contributed by atoms with van der Waals surface area (Å²) in [5, 5.41) is 0.